The molecule has 0 fully saturated rings. The molecule has 200 valence electrons. The first-order chi connectivity index (χ1) is 17.7. The Kier molecular flexibility index (Phi) is 9.10. The van der Waals surface area contributed by atoms with E-state index in [0.717, 1.165) is 6.26 Å². The lowest BCUT2D eigenvalue weighted by Crippen LogP contribution is -2.42. The molecule has 12 heteroatoms. The van der Waals surface area contributed by atoms with E-state index < -0.39 is 34.9 Å². The second kappa shape index (κ2) is 11.7. The first-order valence-corrected chi connectivity index (χ1v) is 15.9. The molecule has 2 atom stereocenters. The number of carboxylic acid groups (broad SMARTS) is 1. The summed E-state index contributed by atoms with van der Waals surface area (Å²) < 4.78 is 36.7. The number of carbonyl (C=O) groups excluding carboxylic acids is 1. The Morgan fingerprint density at radius 2 is 1.68 bits per heavy atom. The topological polar surface area (TPSA) is 138 Å². The number of aromatic hydroxyl groups is 1. The highest BCUT2D eigenvalue weighted by Crippen LogP contribution is 2.43. The van der Waals surface area contributed by atoms with E-state index in [2.05, 4.69) is 5.32 Å². The highest BCUT2D eigenvalue weighted by molar-refractivity contribution is 7.90. The van der Waals surface area contributed by atoms with Crippen molar-refractivity contribution in [3.63, 3.8) is 0 Å². The zero-order valence-corrected chi connectivity index (χ0v) is 23.5. The predicted octanol–water partition coefficient (Wildman–Crippen LogP) is 4.82. The number of phenols is 1. The van der Waals surface area contributed by atoms with E-state index in [4.69, 9.17) is 23.2 Å². The Hall–Kier alpha value is -3.10. The molecule has 0 heterocycles. The quantitative estimate of drug-likeness (QED) is 0.301. The highest BCUT2D eigenvalue weighted by atomic mass is 35.5. The minimum absolute atomic E-state index is 0.0119. The maximum Gasteiger partial charge on any atom is 0.326 e. The summed E-state index contributed by atoms with van der Waals surface area (Å²) in [5.41, 5.74) is 0.703. The molecule has 0 bridgehead atoms. The number of benzene rings is 3. The van der Waals surface area contributed by atoms with Gasteiger partial charge in [0.05, 0.1) is 20.5 Å². The molecule has 1 unspecified atom stereocenters. The number of hydrogen-bond acceptors (Lipinski definition) is 6. The van der Waals surface area contributed by atoms with Gasteiger partial charge in [-0.15, -0.1) is 0 Å². The van der Waals surface area contributed by atoms with Crippen molar-refractivity contribution in [2.75, 3.05) is 12.9 Å². The molecular formula is C26H24Cl2NO7PS. The number of carbonyl (C=O) groups is 2. The van der Waals surface area contributed by atoms with E-state index in [0.29, 0.717) is 16.4 Å². The SMILES string of the molecule is CP(=O)(/C=C/c1cc(Cl)c(C(=O)N[C@@H](Cc2cccc(S(C)(=O)=O)c2)C(=O)O)c(Cl)c1)c1cccc(O)c1. The molecule has 8 nitrogen and oxygen atoms in total. The van der Waals surface area contributed by atoms with Gasteiger partial charge in [0.2, 0.25) is 0 Å². The second-order valence-corrected chi connectivity index (χ2v) is 14.3. The third-order valence-electron chi connectivity index (χ3n) is 5.56. The summed E-state index contributed by atoms with van der Waals surface area (Å²) >= 11 is 12.6. The molecule has 38 heavy (non-hydrogen) atoms. The van der Waals surface area contributed by atoms with Crippen molar-refractivity contribution in [1.82, 2.24) is 5.32 Å². The largest absolute Gasteiger partial charge is 0.508 e. The van der Waals surface area contributed by atoms with Gasteiger partial charge in [0, 0.05) is 18.0 Å². The average molecular weight is 596 g/mol. The maximum absolute atomic E-state index is 13.1. The monoisotopic (exact) mass is 595 g/mol. The molecule has 0 aliphatic carbocycles. The highest BCUT2D eigenvalue weighted by Gasteiger charge is 2.25. The zero-order chi connectivity index (χ0) is 28.3. The number of nitrogens with one attached hydrogen (secondary N) is 1. The lowest BCUT2D eigenvalue weighted by molar-refractivity contribution is -0.139. The Balaban J connectivity index is 1.82. The van der Waals surface area contributed by atoms with Gasteiger partial charge in [-0.1, -0.05) is 53.5 Å². The summed E-state index contributed by atoms with van der Waals surface area (Å²) in [5.74, 6) is -0.708. The number of carboxylic acids is 1. The number of aliphatic carboxylic acids is 1. The van der Waals surface area contributed by atoms with Crippen LogP contribution in [0.25, 0.3) is 6.08 Å². The molecular weight excluding hydrogens is 572 g/mol. The van der Waals surface area contributed by atoms with Crippen molar-refractivity contribution >= 4 is 63.4 Å². The molecule has 0 saturated heterocycles. The lowest BCUT2D eigenvalue weighted by Gasteiger charge is -2.17. The van der Waals surface area contributed by atoms with E-state index in [-0.39, 0.29) is 32.7 Å². The normalized spacial score (nSPS) is 14.1. The van der Waals surface area contributed by atoms with E-state index in [1.807, 2.05) is 0 Å². The number of hydrogen-bond donors (Lipinski definition) is 3. The molecule has 0 saturated carbocycles. The van der Waals surface area contributed by atoms with Gasteiger partial charge in [-0.3, -0.25) is 4.79 Å². The smallest absolute Gasteiger partial charge is 0.326 e. The molecule has 3 aromatic carbocycles. The molecule has 3 rings (SSSR count). The van der Waals surface area contributed by atoms with Crippen molar-refractivity contribution in [3.05, 3.63) is 93.2 Å². The minimum Gasteiger partial charge on any atom is -0.508 e. The molecule has 0 radical (unpaired) electrons. The van der Waals surface area contributed by atoms with Crippen LogP contribution >= 0.6 is 30.3 Å². The standard InChI is InChI=1S/C26H24Cl2NO7PS/c1-37(34,19-7-4-6-18(30)15-19)10-9-17-12-21(27)24(22(28)13-17)25(31)29-23(26(32)33)14-16-5-3-8-20(11-16)38(2,35)36/h3-13,15,23,30H,14H2,1-2H3,(H,29,31)(H,32,33)/b10-9+/t23-,37?/m0/s1. The average Bonchev–Trinajstić information content (AvgIpc) is 2.81. The van der Waals surface area contributed by atoms with Gasteiger partial charge < -0.3 is 20.1 Å². The Morgan fingerprint density at radius 3 is 2.26 bits per heavy atom. The molecule has 0 spiro atoms. The van der Waals surface area contributed by atoms with Gasteiger partial charge in [-0.25, -0.2) is 13.2 Å². The Morgan fingerprint density at radius 1 is 1.05 bits per heavy atom. The van der Waals surface area contributed by atoms with Crippen molar-refractivity contribution in [2.45, 2.75) is 17.4 Å². The molecule has 1 amide bonds. The molecule has 0 aliphatic rings. The minimum atomic E-state index is -3.50. The number of sulfone groups is 1. The summed E-state index contributed by atoms with van der Waals surface area (Å²) in [6.07, 6.45) is 2.39. The van der Waals surface area contributed by atoms with Crippen molar-refractivity contribution < 1.29 is 32.8 Å². The van der Waals surface area contributed by atoms with Crippen LogP contribution in [0.4, 0.5) is 0 Å². The van der Waals surface area contributed by atoms with Crippen LogP contribution in [-0.4, -0.2) is 49.5 Å². The molecule has 0 aromatic heterocycles. The van der Waals surface area contributed by atoms with Crippen molar-refractivity contribution in [1.29, 1.82) is 0 Å². The first-order valence-electron chi connectivity index (χ1n) is 11.0. The molecule has 3 aromatic rings. The number of halogens is 2. The first kappa shape index (κ1) is 29.5. The molecule has 3 N–H and O–H groups in total. The summed E-state index contributed by atoms with van der Waals surface area (Å²) in [6.45, 7) is 1.53. The van der Waals surface area contributed by atoms with Gasteiger partial charge >= 0.3 is 5.97 Å². The number of phenolic OH excluding ortho intramolecular Hbond substituents is 1. The second-order valence-electron chi connectivity index (χ2n) is 8.67. The van der Waals surface area contributed by atoms with Gasteiger partial charge in [0.25, 0.3) is 5.91 Å². The van der Waals surface area contributed by atoms with Crippen molar-refractivity contribution in [2.24, 2.45) is 0 Å². The van der Waals surface area contributed by atoms with Crippen LogP contribution < -0.4 is 10.6 Å². The van der Waals surface area contributed by atoms with Crippen LogP contribution in [0.5, 0.6) is 5.75 Å². The maximum atomic E-state index is 13.1. The van der Waals surface area contributed by atoms with Gasteiger partial charge in [-0.2, -0.15) is 0 Å². The number of rotatable bonds is 9. The summed E-state index contributed by atoms with van der Waals surface area (Å²) in [6, 6.07) is 13.3. The van der Waals surface area contributed by atoms with E-state index in [1.165, 1.54) is 61.0 Å². The van der Waals surface area contributed by atoms with Gasteiger partial charge in [0.15, 0.2) is 9.84 Å². The van der Waals surface area contributed by atoms with Crippen LogP contribution in [-0.2, 0) is 25.6 Å². The third kappa shape index (κ3) is 7.48. The summed E-state index contributed by atoms with van der Waals surface area (Å²) in [5, 5.41) is 22.0. The van der Waals surface area contributed by atoms with Crippen molar-refractivity contribution in [3.8, 4) is 5.75 Å². The Bertz CT molecular complexity index is 1560. The fourth-order valence-corrected chi connectivity index (χ4v) is 6.32. The van der Waals surface area contributed by atoms with Crippen LogP contribution in [0.15, 0.2) is 71.4 Å². The van der Waals surface area contributed by atoms with Crippen LogP contribution in [0.2, 0.25) is 10.0 Å². The van der Waals surface area contributed by atoms with Crippen LogP contribution in [0, 0.1) is 0 Å². The summed E-state index contributed by atoms with van der Waals surface area (Å²) in [7, 11) is -6.48. The van der Waals surface area contributed by atoms with Gasteiger partial charge in [-0.05, 0) is 60.0 Å². The fourth-order valence-electron chi connectivity index (χ4n) is 3.56. The van der Waals surface area contributed by atoms with E-state index >= 15 is 0 Å². The number of amides is 1. The Labute approximate surface area is 230 Å². The zero-order valence-electron chi connectivity index (χ0n) is 20.3. The fraction of sp³-hybridized carbons (Fsp3) is 0.154. The predicted molar refractivity (Wildman–Crippen MR) is 149 cm³/mol. The van der Waals surface area contributed by atoms with Crippen LogP contribution in [0.1, 0.15) is 21.5 Å². The molecule has 0 aliphatic heterocycles. The lowest BCUT2D eigenvalue weighted by atomic mass is 10.0. The van der Waals surface area contributed by atoms with E-state index in [9.17, 15) is 32.8 Å². The third-order valence-corrected chi connectivity index (χ3v) is 9.28. The summed E-state index contributed by atoms with van der Waals surface area (Å²) in [4.78, 5) is 24.8. The van der Waals surface area contributed by atoms with Crippen LogP contribution in [0.3, 0.4) is 0 Å². The van der Waals surface area contributed by atoms with E-state index in [1.54, 1.807) is 18.2 Å². The van der Waals surface area contributed by atoms with Gasteiger partial charge in [0.1, 0.15) is 18.9 Å².